The zero-order chi connectivity index (χ0) is 30.8. The molecule has 1 unspecified atom stereocenters. The maximum atomic E-state index is 13.5. The number of nitrogens with zero attached hydrogens (tertiary/aromatic N) is 3. The topological polar surface area (TPSA) is 149 Å². The minimum Gasteiger partial charge on any atom is -0.507 e. The van der Waals surface area contributed by atoms with Crippen molar-refractivity contribution in [2.75, 3.05) is 12.0 Å². The van der Waals surface area contributed by atoms with Gasteiger partial charge in [0.1, 0.15) is 23.0 Å². The highest BCUT2D eigenvalue weighted by molar-refractivity contribution is 7.17. The molecule has 0 radical (unpaired) electrons. The van der Waals surface area contributed by atoms with Crippen molar-refractivity contribution in [3.05, 3.63) is 121 Å². The van der Waals surface area contributed by atoms with Crippen molar-refractivity contribution in [1.29, 1.82) is 0 Å². The molecule has 5 rings (SSSR count). The summed E-state index contributed by atoms with van der Waals surface area (Å²) >= 11 is 0.834. The van der Waals surface area contributed by atoms with Crippen molar-refractivity contribution >= 4 is 45.6 Å². The number of ether oxygens (including phenoxy) is 2. The standard InChI is InChI=1S/C31H25N3O8S/c1-17-14-21(12-13-23(17)42-16-19-8-5-4-6-9-19)26(35)24-25(20-10-7-11-22(15-20)34(39)40)33(29(37)27(24)36)31-32-18(2)28(43-31)30(38)41-3/h4-15,25,35H,16H2,1-3H3. The van der Waals surface area contributed by atoms with Gasteiger partial charge in [0.2, 0.25) is 0 Å². The molecule has 0 aliphatic carbocycles. The fraction of sp³-hybridized carbons (Fsp3) is 0.161. The molecule has 1 fully saturated rings. The molecule has 1 atom stereocenters. The van der Waals surface area contributed by atoms with Gasteiger partial charge >= 0.3 is 11.9 Å². The van der Waals surface area contributed by atoms with E-state index in [0.717, 1.165) is 21.8 Å². The number of aryl methyl sites for hydroxylation is 2. The Hall–Kier alpha value is -5.36. The highest BCUT2D eigenvalue weighted by Crippen LogP contribution is 2.44. The molecule has 2 heterocycles. The Morgan fingerprint density at radius 3 is 2.49 bits per heavy atom. The molecule has 1 saturated heterocycles. The van der Waals surface area contributed by atoms with E-state index in [1.165, 1.54) is 31.4 Å². The number of benzene rings is 3. The van der Waals surface area contributed by atoms with Crippen LogP contribution in [0.25, 0.3) is 5.76 Å². The lowest BCUT2D eigenvalue weighted by atomic mass is 9.94. The van der Waals surface area contributed by atoms with Crippen LogP contribution < -0.4 is 9.64 Å². The number of nitro benzene ring substituents is 1. The number of aromatic nitrogens is 1. The molecule has 1 amide bonds. The van der Waals surface area contributed by atoms with E-state index in [-0.39, 0.29) is 38.1 Å². The molecule has 4 aromatic rings. The van der Waals surface area contributed by atoms with Gasteiger partial charge in [-0.25, -0.2) is 9.78 Å². The van der Waals surface area contributed by atoms with Gasteiger partial charge in [-0.05, 0) is 48.7 Å². The number of nitro groups is 1. The lowest BCUT2D eigenvalue weighted by Gasteiger charge is -2.23. The molecular formula is C31H25N3O8S. The lowest BCUT2D eigenvalue weighted by molar-refractivity contribution is -0.384. The molecule has 11 nitrogen and oxygen atoms in total. The summed E-state index contributed by atoms with van der Waals surface area (Å²) in [7, 11) is 1.20. The lowest BCUT2D eigenvalue weighted by Crippen LogP contribution is -2.29. The third-order valence-electron chi connectivity index (χ3n) is 6.89. The van der Waals surface area contributed by atoms with E-state index in [4.69, 9.17) is 9.47 Å². The van der Waals surface area contributed by atoms with Crippen LogP contribution in [0.5, 0.6) is 5.75 Å². The molecule has 1 aromatic heterocycles. The van der Waals surface area contributed by atoms with E-state index in [1.807, 2.05) is 30.3 Å². The largest absolute Gasteiger partial charge is 0.507 e. The first kappa shape index (κ1) is 29.1. The molecule has 1 N–H and O–H groups in total. The summed E-state index contributed by atoms with van der Waals surface area (Å²) in [6.07, 6.45) is 0. The Kier molecular flexibility index (Phi) is 8.04. The SMILES string of the molecule is COC(=O)c1sc(N2C(=O)C(=O)C(=C(O)c3ccc(OCc4ccccc4)c(C)c3)C2c2cccc([N+](=O)[O-])c2)nc1C. The van der Waals surface area contributed by atoms with Crippen molar-refractivity contribution in [3.8, 4) is 5.75 Å². The number of hydrogen-bond acceptors (Lipinski definition) is 10. The molecule has 0 spiro atoms. The number of aliphatic hydroxyl groups excluding tert-OH is 1. The van der Waals surface area contributed by atoms with Gasteiger partial charge < -0.3 is 14.6 Å². The van der Waals surface area contributed by atoms with E-state index in [1.54, 1.807) is 32.0 Å². The van der Waals surface area contributed by atoms with Crippen LogP contribution >= 0.6 is 11.3 Å². The number of Topliss-reactive ketones (excluding diaryl/α,β-unsaturated/α-hetero) is 1. The van der Waals surface area contributed by atoms with Crippen molar-refractivity contribution < 1.29 is 33.9 Å². The summed E-state index contributed by atoms with van der Waals surface area (Å²) in [5.41, 5.74) is 1.79. The second-order valence-corrected chi connectivity index (χ2v) is 10.7. The predicted molar refractivity (Wildman–Crippen MR) is 158 cm³/mol. The fourth-order valence-electron chi connectivity index (χ4n) is 4.77. The van der Waals surface area contributed by atoms with Crippen LogP contribution in [-0.2, 0) is 20.9 Å². The van der Waals surface area contributed by atoms with Crippen LogP contribution in [0, 0.1) is 24.0 Å². The van der Waals surface area contributed by atoms with Crippen LogP contribution in [0.4, 0.5) is 10.8 Å². The molecular weight excluding hydrogens is 574 g/mol. The predicted octanol–water partition coefficient (Wildman–Crippen LogP) is 5.66. The first-order valence-corrected chi connectivity index (χ1v) is 13.8. The zero-order valence-electron chi connectivity index (χ0n) is 23.3. The van der Waals surface area contributed by atoms with E-state index in [2.05, 4.69) is 4.98 Å². The Morgan fingerprint density at radius 1 is 1.07 bits per heavy atom. The molecule has 1 aliphatic heterocycles. The first-order chi connectivity index (χ1) is 20.6. The van der Waals surface area contributed by atoms with Crippen LogP contribution in [0.1, 0.15) is 43.7 Å². The van der Waals surface area contributed by atoms with Crippen molar-refractivity contribution in [2.24, 2.45) is 0 Å². The third kappa shape index (κ3) is 5.60. The molecule has 0 bridgehead atoms. The third-order valence-corrected chi connectivity index (χ3v) is 8.03. The Labute approximate surface area is 249 Å². The number of amides is 1. The van der Waals surface area contributed by atoms with Crippen LogP contribution in [0.15, 0.2) is 78.4 Å². The number of anilines is 1. The highest BCUT2D eigenvalue weighted by Gasteiger charge is 2.48. The highest BCUT2D eigenvalue weighted by atomic mass is 32.1. The summed E-state index contributed by atoms with van der Waals surface area (Å²) in [5.74, 6) is -2.61. The molecule has 218 valence electrons. The number of aliphatic hydroxyl groups is 1. The average molecular weight is 600 g/mol. The minimum absolute atomic E-state index is 0.00334. The van der Waals surface area contributed by atoms with Gasteiger partial charge in [-0.2, -0.15) is 0 Å². The monoisotopic (exact) mass is 599 g/mol. The first-order valence-electron chi connectivity index (χ1n) is 13.0. The maximum Gasteiger partial charge on any atom is 0.350 e. The summed E-state index contributed by atoms with van der Waals surface area (Å²) in [4.78, 5) is 55.7. The number of non-ortho nitro benzene ring substituents is 1. The number of ketones is 1. The Bertz CT molecular complexity index is 1800. The number of esters is 1. The molecule has 0 saturated carbocycles. The molecule has 1 aliphatic rings. The second-order valence-electron chi connectivity index (χ2n) is 9.68. The van der Waals surface area contributed by atoms with Crippen LogP contribution in [-0.4, -0.2) is 39.8 Å². The fourth-order valence-corrected chi connectivity index (χ4v) is 5.78. The van der Waals surface area contributed by atoms with Gasteiger partial charge in [0, 0.05) is 17.7 Å². The molecule has 43 heavy (non-hydrogen) atoms. The number of thiazole rings is 1. The van der Waals surface area contributed by atoms with E-state index < -0.39 is 34.4 Å². The number of rotatable bonds is 8. The number of methoxy groups -OCH3 is 1. The van der Waals surface area contributed by atoms with Crippen molar-refractivity contribution in [1.82, 2.24) is 4.98 Å². The van der Waals surface area contributed by atoms with Crippen LogP contribution in [0.2, 0.25) is 0 Å². The summed E-state index contributed by atoms with van der Waals surface area (Å²) in [6.45, 7) is 3.65. The van der Waals surface area contributed by atoms with Gasteiger partial charge in [-0.1, -0.05) is 53.8 Å². The summed E-state index contributed by atoms with van der Waals surface area (Å²) < 4.78 is 10.7. The molecule has 12 heteroatoms. The number of carbonyl (C=O) groups excluding carboxylic acids is 3. The zero-order valence-corrected chi connectivity index (χ0v) is 24.1. The smallest absolute Gasteiger partial charge is 0.350 e. The summed E-state index contributed by atoms with van der Waals surface area (Å²) in [6, 6.07) is 18.6. The van der Waals surface area contributed by atoms with Crippen LogP contribution in [0.3, 0.4) is 0 Å². The number of hydrogen-bond donors (Lipinski definition) is 1. The Morgan fingerprint density at radius 2 is 1.81 bits per heavy atom. The van der Waals surface area contributed by atoms with Crippen molar-refractivity contribution in [3.63, 3.8) is 0 Å². The Balaban J connectivity index is 1.60. The maximum absolute atomic E-state index is 13.5. The van der Waals surface area contributed by atoms with Gasteiger partial charge in [-0.15, -0.1) is 0 Å². The van der Waals surface area contributed by atoms with E-state index >= 15 is 0 Å². The minimum atomic E-state index is -1.27. The molecule has 3 aromatic carbocycles. The van der Waals surface area contributed by atoms with Gasteiger partial charge in [0.05, 0.1) is 29.3 Å². The van der Waals surface area contributed by atoms with E-state index in [9.17, 15) is 29.6 Å². The quantitative estimate of drug-likeness (QED) is 0.0676. The van der Waals surface area contributed by atoms with E-state index in [0.29, 0.717) is 17.9 Å². The van der Waals surface area contributed by atoms with Gasteiger partial charge in [0.25, 0.3) is 11.5 Å². The van der Waals surface area contributed by atoms with Gasteiger partial charge in [-0.3, -0.25) is 24.6 Å². The van der Waals surface area contributed by atoms with Crippen molar-refractivity contribution in [2.45, 2.75) is 26.5 Å². The second kappa shape index (κ2) is 11.9. The summed E-state index contributed by atoms with van der Waals surface area (Å²) in [5, 5.41) is 23.1. The average Bonchev–Trinajstić information content (AvgIpc) is 3.52. The normalized spacial score (nSPS) is 15.9. The van der Waals surface area contributed by atoms with Gasteiger partial charge in [0.15, 0.2) is 5.13 Å². The number of carbonyl (C=O) groups is 3.